The first kappa shape index (κ1) is 18.0. The van der Waals surface area contributed by atoms with Crippen LogP contribution in [0.5, 0.6) is 0 Å². The monoisotopic (exact) mass is 384 g/mol. The molecule has 1 aliphatic heterocycles. The summed E-state index contributed by atoms with van der Waals surface area (Å²) in [6.45, 7) is 0.314. The van der Waals surface area contributed by atoms with Crippen molar-refractivity contribution in [1.82, 2.24) is 10.2 Å². The van der Waals surface area contributed by atoms with Crippen LogP contribution in [0.2, 0.25) is 0 Å². The fourth-order valence-electron chi connectivity index (χ4n) is 4.22. The van der Waals surface area contributed by atoms with Gasteiger partial charge < -0.3 is 10.2 Å². The van der Waals surface area contributed by atoms with Crippen LogP contribution in [0.4, 0.5) is 4.79 Å². The molecule has 2 amide bonds. The molecule has 0 bridgehead atoms. The van der Waals surface area contributed by atoms with Gasteiger partial charge in [-0.05, 0) is 41.5 Å². The van der Waals surface area contributed by atoms with Gasteiger partial charge >= 0.3 is 6.03 Å². The van der Waals surface area contributed by atoms with Gasteiger partial charge in [-0.2, -0.15) is 0 Å². The SMILES string of the molecule is CS(=O)(=O)C1Cc2ccccc2CN1C(=O)NC1CCCc2ccccc21. The first-order chi connectivity index (χ1) is 12.9. The van der Waals surface area contributed by atoms with E-state index in [1.54, 1.807) is 0 Å². The maximum Gasteiger partial charge on any atom is 0.319 e. The van der Waals surface area contributed by atoms with Gasteiger partial charge in [0.25, 0.3) is 0 Å². The Labute approximate surface area is 160 Å². The number of hydrogen-bond acceptors (Lipinski definition) is 3. The van der Waals surface area contributed by atoms with Crippen LogP contribution < -0.4 is 5.32 Å². The molecule has 0 fully saturated rings. The van der Waals surface area contributed by atoms with E-state index in [1.807, 2.05) is 36.4 Å². The summed E-state index contributed by atoms with van der Waals surface area (Å²) in [7, 11) is -3.40. The Balaban J connectivity index is 1.61. The predicted octanol–water partition coefficient (Wildman–Crippen LogP) is 3.20. The molecule has 0 radical (unpaired) electrons. The lowest BCUT2D eigenvalue weighted by Gasteiger charge is -2.37. The van der Waals surface area contributed by atoms with E-state index >= 15 is 0 Å². The molecule has 2 aromatic carbocycles. The molecule has 0 saturated heterocycles. The number of carbonyl (C=O) groups excluding carboxylic acids is 1. The highest BCUT2D eigenvalue weighted by Gasteiger charge is 2.37. The Kier molecular flexibility index (Phi) is 4.68. The van der Waals surface area contributed by atoms with E-state index in [9.17, 15) is 13.2 Å². The lowest BCUT2D eigenvalue weighted by atomic mass is 9.88. The Morgan fingerprint density at radius 2 is 1.70 bits per heavy atom. The summed E-state index contributed by atoms with van der Waals surface area (Å²) >= 11 is 0. The van der Waals surface area contributed by atoms with Crippen molar-refractivity contribution < 1.29 is 13.2 Å². The fraction of sp³-hybridized carbons (Fsp3) is 0.381. The third-order valence-corrected chi connectivity index (χ3v) is 7.03. The van der Waals surface area contributed by atoms with Crippen LogP contribution in [0.3, 0.4) is 0 Å². The molecule has 4 rings (SSSR count). The Hall–Kier alpha value is -2.34. The van der Waals surface area contributed by atoms with Crippen LogP contribution in [0.25, 0.3) is 0 Å². The fourth-order valence-corrected chi connectivity index (χ4v) is 5.33. The van der Waals surface area contributed by atoms with Gasteiger partial charge in [-0.3, -0.25) is 0 Å². The van der Waals surface area contributed by atoms with E-state index in [1.165, 1.54) is 16.7 Å². The predicted molar refractivity (Wildman–Crippen MR) is 105 cm³/mol. The minimum absolute atomic E-state index is 0.0696. The first-order valence-electron chi connectivity index (χ1n) is 9.34. The summed E-state index contributed by atoms with van der Waals surface area (Å²) in [5.41, 5.74) is 4.42. The highest BCUT2D eigenvalue weighted by Crippen LogP contribution is 2.31. The number of fused-ring (bicyclic) bond motifs is 2. The number of nitrogens with one attached hydrogen (secondary N) is 1. The number of urea groups is 1. The number of sulfone groups is 1. The quantitative estimate of drug-likeness (QED) is 0.865. The molecule has 6 heteroatoms. The van der Waals surface area contributed by atoms with Crippen LogP contribution in [-0.4, -0.2) is 31.0 Å². The number of hydrogen-bond donors (Lipinski definition) is 1. The molecule has 5 nitrogen and oxygen atoms in total. The highest BCUT2D eigenvalue weighted by atomic mass is 32.2. The molecular weight excluding hydrogens is 360 g/mol. The van der Waals surface area contributed by atoms with Gasteiger partial charge in [-0.15, -0.1) is 0 Å². The molecule has 2 atom stereocenters. The van der Waals surface area contributed by atoms with Gasteiger partial charge in [0, 0.05) is 19.2 Å². The summed E-state index contributed by atoms with van der Waals surface area (Å²) < 4.78 is 24.8. The highest BCUT2D eigenvalue weighted by molar-refractivity contribution is 7.91. The zero-order valence-electron chi connectivity index (χ0n) is 15.4. The number of nitrogens with zero attached hydrogens (tertiary/aromatic N) is 1. The molecule has 1 N–H and O–H groups in total. The second-order valence-corrected chi connectivity index (χ2v) is 9.68. The topological polar surface area (TPSA) is 66.5 Å². The normalized spacial score (nSPS) is 21.9. The van der Waals surface area contributed by atoms with Crippen molar-refractivity contribution >= 4 is 15.9 Å². The van der Waals surface area contributed by atoms with Crippen LogP contribution in [0.15, 0.2) is 48.5 Å². The Morgan fingerprint density at radius 3 is 2.44 bits per heavy atom. The largest absolute Gasteiger partial charge is 0.331 e. The molecule has 27 heavy (non-hydrogen) atoms. The van der Waals surface area contributed by atoms with Crippen molar-refractivity contribution in [2.75, 3.05) is 6.26 Å². The number of rotatable bonds is 2. The number of benzene rings is 2. The molecule has 2 aliphatic rings. The molecule has 1 aliphatic carbocycles. The minimum Gasteiger partial charge on any atom is -0.331 e. The zero-order chi connectivity index (χ0) is 19.0. The van der Waals surface area contributed by atoms with Gasteiger partial charge in [-0.1, -0.05) is 48.5 Å². The maximum atomic E-state index is 13.1. The third kappa shape index (κ3) is 3.58. The van der Waals surface area contributed by atoms with E-state index in [-0.39, 0.29) is 12.1 Å². The molecule has 142 valence electrons. The Bertz CT molecular complexity index is 971. The van der Waals surface area contributed by atoms with Gasteiger partial charge in [0.05, 0.1) is 6.04 Å². The van der Waals surface area contributed by atoms with E-state index in [0.717, 1.165) is 36.0 Å². The van der Waals surface area contributed by atoms with Gasteiger partial charge in [0.2, 0.25) is 0 Å². The average Bonchev–Trinajstić information content (AvgIpc) is 2.66. The van der Waals surface area contributed by atoms with Crippen LogP contribution in [-0.2, 0) is 29.2 Å². The zero-order valence-corrected chi connectivity index (χ0v) is 16.2. The van der Waals surface area contributed by atoms with Crippen LogP contribution in [0.1, 0.15) is 41.1 Å². The molecule has 2 aromatic rings. The molecule has 0 spiro atoms. The van der Waals surface area contributed by atoms with Crippen LogP contribution in [0, 0.1) is 0 Å². The summed E-state index contributed by atoms with van der Waals surface area (Å²) in [5.74, 6) is 0. The molecule has 1 heterocycles. The maximum absolute atomic E-state index is 13.1. The second kappa shape index (κ2) is 7.00. The van der Waals surface area contributed by atoms with Crippen LogP contribution >= 0.6 is 0 Å². The summed E-state index contributed by atoms with van der Waals surface area (Å²) in [4.78, 5) is 14.6. The van der Waals surface area contributed by atoms with Crippen molar-refractivity contribution in [1.29, 1.82) is 0 Å². The lowest BCUT2D eigenvalue weighted by molar-refractivity contribution is 0.178. The summed E-state index contributed by atoms with van der Waals surface area (Å²) in [6, 6.07) is 15.5. The Morgan fingerprint density at radius 1 is 1.04 bits per heavy atom. The van der Waals surface area contributed by atoms with Gasteiger partial charge in [0.15, 0.2) is 9.84 Å². The van der Waals surface area contributed by atoms with E-state index in [4.69, 9.17) is 0 Å². The first-order valence-corrected chi connectivity index (χ1v) is 11.3. The van der Waals surface area contributed by atoms with Crippen molar-refractivity contribution in [3.63, 3.8) is 0 Å². The van der Waals surface area contributed by atoms with Crippen molar-refractivity contribution in [2.45, 2.75) is 43.6 Å². The van der Waals surface area contributed by atoms with Gasteiger partial charge in [0.1, 0.15) is 5.37 Å². The third-order valence-electron chi connectivity index (χ3n) is 5.62. The molecular formula is C21H24N2O3S. The minimum atomic E-state index is -3.40. The summed E-state index contributed by atoms with van der Waals surface area (Å²) in [6.07, 6.45) is 4.45. The molecule has 2 unspecified atom stereocenters. The number of amides is 2. The van der Waals surface area contributed by atoms with E-state index in [2.05, 4.69) is 17.4 Å². The smallest absolute Gasteiger partial charge is 0.319 e. The lowest BCUT2D eigenvalue weighted by Crippen LogP contribution is -2.52. The van der Waals surface area contributed by atoms with Crippen molar-refractivity contribution in [3.8, 4) is 0 Å². The number of carbonyl (C=O) groups is 1. The molecule has 0 saturated carbocycles. The van der Waals surface area contributed by atoms with Crippen molar-refractivity contribution in [2.24, 2.45) is 0 Å². The molecule has 0 aromatic heterocycles. The average molecular weight is 385 g/mol. The van der Waals surface area contributed by atoms with Gasteiger partial charge in [-0.25, -0.2) is 13.2 Å². The standard InChI is InChI=1S/C21H24N2O3S/c1-27(25,26)20-13-16-8-2-3-9-17(16)14-23(20)21(24)22-19-12-6-10-15-7-4-5-11-18(15)19/h2-5,7-9,11,19-20H,6,10,12-14H2,1H3,(H,22,24). The van der Waals surface area contributed by atoms with E-state index < -0.39 is 15.2 Å². The summed E-state index contributed by atoms with van der Waals surface area (Å²) in [5, 5.41) is 2.27. The second-order valence-electron chi connectivity index (χ2n) is 7.48. The van der Waals surface area contributed by atoms with Crippen molar-refractivity contribution in [3.05, 3.63) is 70.8 Å². The number of aryl methyl sites for hydroxylation is 1. The van der Waals surface area contributed by atoms with E-state index in [0.29, 0.717) is 13.0 Å².